The molecule has 0 saturated heterocycles. The van der Waals surface area contributed by atoms with Gasteiger partial charge in [0, 0.05) is 7.11 Å². The molecule has 0 saturated carbocycles. The molecule has 0 unspecified atom stereocenters. The number of nitrogens with zero attached hydrogens (tertiary/aromatic N) is 5. The summed E-state index contributed by atoms with van der Waals surface area (Å²) >= 11 is 0. The molecule has 0 fully saturated rings. The molecule has 11 nitrogen and oxygen atoms in total. The van der Waals surface area contributed by atoms with Crippen LogP contribution in [-0.4, -0.2) is 82.1 Å². The monoisotopic (exact) mass is 442 g/mol. The zero-order valence-corrected chi connectivity index (χ0v) is 18.0. The topological polar surface area (TPSA) is 103 Å². The first-order valence-electron chi connectivity index (χ1n) is 9.23. The minimum Gasteiger partial charge on any atom is -0.364 e. The fraction of sp³-hybridized carbons (Fsp3) is 0.476. The third-order valence-corrected chi connectivity index (χ3v) is 3.28. The third kappa shape index (κ3) is 10.5. The lowest BCUT2D eigenvalue weighted by Crippen LogP contribution is -2.34. The van der Waals surface area contributed by atoms with Crippen molar-refractivity contribution >= 4 is 17.8 Å². The maximum absolute atomic E-state index is 5.42. The van der Waals surface area contributed by atoms with E-state index in [2.05, 4.69) is 44.0 Å². The number of methoxy groups -OCH3 is 1. The van der Waals surface area contributed by atoms with Gasteiger partial charge in [0.25, 0.3) is 0 Å². The smallest absolute Gasteiger partial charge is 0.235 e. The quantitative estimate of drug-likeness (QED) is 0.199. The van der Waals surface area contributed by atoms with Gasteiger partial charge in [0.2, 0.25) is 17.8 Å². The van der Waals surface area contributed by atoms with Crippen LogP contribution in [-0.2, 0) is 23.7 Å². The molecule has 32 heavy (non-hydrogen) atoms. The van der Waals surface area contributed by atoms with E-state index in [0.29, 0.717) is 0 Å². The van der Waals surface area contributed by atoms with Crippen LogP contribution in [0.5, 0.6) is 0 Å². The van der Waals surface area contributed by atoms with Crippen LogP contribution in [0.1, 0.15) is 0 Å². The highest BCUT2D eigenvalue weighted by molar-refractivity contribution is 5.44. The molecule has 0 aliphatic rings. The maximum atomic E-state index is 5.42. The van der Waals surface area contributed by atoms with Gasteiger partial charge in [-0.2, -0.15) is 15.0 Å². The minimum atomic E-state index is 0.0448. The van der Waals surface area contributed by atoms with E-state index in [1.807, 2.05) is 0 Å². The fourth-order valence-electron chi connectivity index (χ4n) is 2.05. The third-order valence-electron chi connectivity index (χ3n) is 3.28. The Kier molecular flexibility index (Phi) is 14.2. The van der Waals surface area contributed by atoms with Crippen molar-refractivity contribution in [3.63, 3.8) is 0 Å². The molecule has 11 heteroatoms. The first-order valence-corrected chi connectivity index (χ1v) is 9.23. The van der Waals surface area contributed by atoms with E-state index in [1.165, 1.54) is 7.11 Å². The second-order valence-electron chi connectivity index (χ2n) is 5.68. The molecule has 0 bridgehead atoms. The van der Waals surface area contributed by atoms with Crippen molar-refractivity contribution in [1.29, 1.82) is 0 Å². The molecule has 1 N–H and O–H groups in total. The Morgan fingerprint density at radius 2 is 1.12 bits per heavy atom. The van der Waals surface area contributed by atoms with Crippen LogP contribution in [0.2, 0.25) is 0 Å². The van der Waals surface area contributed by atoms with E-state index in [-0.39, 0.29) is 77.9 Å². The van der Waals surface area contributed by atoms with Crippen molar-refractivity contribution in [2.75, 3.05) is 82.3 Å². The fourth-order valence-corrected chi connectivity index (χ4v) is 2.05. The highest BCUT2D eigenvalue weighted by Crippen LogP contribution is 2.17. The largest absolute Gasteiger partial charge is 0.364 e. The molecule has 0 aliphatic carbocycles. The number of terminal acetylenes is 4. The number of rotatable bonds is 17. The van der Waals surface area contributed by atoms with Gasteiger partial charge in [0.05, 0.1) is 0 Å². The van der Waals surface area contributed by atoms with E-state index in [1.54, 1.807) is 9.80 Å². The summed E-state index contributed by atoms with van der Waals surface area (Å²) in [5.74, 6) is 10.2. The Morgan fingerprint density at radius 3 is 1.56 bits per heavy atom. The molecular formula is C21H26N6O5. The zero-order chi connectivity index (χ0) is 23.4. The van der Waals surface area contributed by atoms with Crippen molar-refractivity contribution in [3.05, 3.63) is 0 Å². The standard InChI is InChI=1S/C21H26N6O5/c1-6-10-29-14-22-19-23-20(26(15-28-5)16-30-11-7-2)25-21(24-19)27(17-31-12-8-3)18-32-13-9-4/h1-4H,10-18H2,5H3,(H,22,23,24,25). The molecular weight excluding hydrogens is 416 g/mol. The normalized spacial score (nSPS) is 9.78. The van der Waals surface area contributed by atoms with Crippen molar-refractivity contribution in [2.45, 2.75) is 0 Å². The number of aromatic nitrogens is 3. The van der Waals surface area contributed by atoms with E-state index in [4.69, 9.17) is 49.4 Å². The molecule has 0 spiro atoms. The molecule has 1 aromatic heterocycles. The van der Waals surface area contributed by atoms with Gasteiger partial charge in [-0.05, 0) is 0 Å². The van der Waals surface area contributed by atoms with Gasteiger partial charge >= 0.3 is 0 Å². The first kappa shape index (κ1) is 26.5. The van der Waals surface area contributed by atoms with Crippen LogP contribution in [0.4, 0.5) is 17.8 Å². The van der Waals surface area contributed by atoms with Crippen molar-refractivity contribution in [3.8, 4) is 49.4 Å². The van der Waals surface area contributed by atoms with Crippen LogP contribution in [0.15, 0.2) is 0 Å². The second kappa shape index (κ2) is 17.2. The average molecular weight is 442 g/mol. The van der Waals surface area contributed by atoms with Crippen LogP contribution in [0.3, 0.4) is 0 Å². The highest BCUT2D eigenvalue weighted by Gasteiger charge is 2.18. The molecule has 0 radical (unpaired) electrons. The van der Waals surface area contributed by atoms with Crippen LogP contribution < -0.4 is 15.1 Å². The van der Waals surface area contributed by atoms with Crippen molar-refractivity contribution < 1.29 is 23.7 Å². The molecule has 1 rings (SSSR count). The number of hydrogen-bond acceptors (Lipinski definition) is 11. The van der Waals surface area contributed by atoms with Gasteiger partial charge in [0.15, 0.2) is 0 Å². The molecule has 1 aromatic rings. The Hall–Kier alpha value is -3.55. The van der Waals surface area contributed by atoms with Crippen molar-refractivity contribution in [1.82, 2.24) is 15.0 Å². The number of ether oxygens (including phenoxy) is 5. The number of hydrogen-bond donors (Lipinski definition) is 1. The van der Waals surface area contributed by atoms with Crippen LogP contribution in [0, 0.1) is 49.4 Å². The minimum absolute atomic E-state index is 0.0448. The summed E-state index contributed by atoms with van der Waals surface area (Å²) in [5, 5.41) is 2.92. The molecule has 1 heterocycles. The maximum Gasteiger partial charge on any atom is 0.235 e. The summed E-state index contributed by atoms with van der Waals surface area (Å²) in [6.45, 7) is 0.778. The predicted molar refractivity (Wildman–Crippen MR) is 119 cm³/mol. The molecule has 0 aromatic carbocycles. The summed E-state index contributed by atoms with van der Waals surface area (Å²) in [5.41, 5.74) is 0. The van der Waals surface area contributed by atoms with Crippen LogP contribution >= 0.6 is 0 Å². The number of anilines is 3. The molecule has 0 amide bonds. The zero-order valence-electron chi connectivity index (χ0n) is 18.0. The summed E-state index contributed by atoms with van der Waals surface area (Å²) in [4.78, 5) is 16.4. The first-order chi connectivity index (χ1) is 15.7. The summed E-state index contributed by atoms with van der Waals surface area (Å²) in [6, 6.07) is 0. The van der Waals surface area contributed by atoms with E-state index in [0.717, 1.165) is 0 Å². The van der Waals surface area contributed by atoms with Gasteiger partial charge in [-0.25, -0.2) is 0 Å². The van der Waals surface area contributed by atoms with Crippen LogP contribution in [0.25, 0.3) is 0 Å². The summed E-state index contributed by atoms with van der Waals surface area (Å²) in [7, 11) is 1.52. The van der Waals surface area contributed by atoms with E-state index < -0.39 is 0 Å². The van der Waals surface area contributed by atoms with Gasteiger partial charge in [-0.3, -0.25) is 9.80 Å². The lowest BCUT2D eigenvalue weighted by molar-refractivity contribution is 0.111. The molecule has 0 aliphatic heterocycles. The van der Waals surface area contributed by atoms with Gasteiger partial charge in [-0.15, -0.1) is 25.7 Å². The second-order valence-corrected chi connectivity index (χ2v) is 5.68. The van der Waals surface area contributed by atoms with Gasteiger partial charge < -0.3 is 29.0 Å². The Balaban J connectivity index is 3.20. The Morgan fingerprint density at radius 1 is 0.688 bits per heavy atom. The lowest BCUT2D eigenvalue weighted by atomic mass is 10.6. The number of nitrogens with one attached hydrogen (secondary N) is 1. The lowest BCUT2D eigenvalue weighted by Gasteiger charge is -2.25. The van der Waals surface area contributed by atoms with Crippen molar-refractivity contribution in [2.24, 2.45) is 0 Å². The summed E-state index contributed by atoms with van der Waals surface area (Å²) < 4.78 is 26.7. The molecule has 170 valence electrons. The van der Waals surface area contributed by atoms with E-state index >= 15 is 0 Å². The Labute approximate surface area is 188 Å². The average Bonchev–Trinajstić information content (AvgIpc) is 2.80. The highest BCUT2D eigenvalue weighted by atomic mass is 16.5. The molecule has 0 atom stereocenters. The van der Waals surface area contributed by atoms with E-state index in [9.17, 15) is 0 Å². The van der Waals surface area contributed by atoms with Gasteiger partial charge in [0.1, 0.15) is 60.1 Å². The Bertz CT molecular complexity index is 819. The predicted octanol–water partition coefficient (Wildman–Crippen LogP) is -0.0706. The van der Waals surface area contributed by atoms with Gasteiger partial charge in [-0.1, -0.05) is 23.7 Å². The summed E-state index contributed by atoms with van der Waals surface area (Å²) in [6.07, 6.45) is 20.9. The SMILES string of the molecule is C#CCOCNc1nc(N(COC)COCC#C)nc(N(COCC#C)COCC#C)n1.